The molecular formula is C23H38IN5. The van der Waals surface area contributed by atoms with Crippen molar-refractivity contribution in [3.8, 4) is 0 Å². The van der Waals surface area contributed by atoms with Gasteiger partial charge in [-0.2, -0.15) is 0 Å². The number of halogens is 1. The normalized spacial score (nSPS) is 18.6. The summed E-state index contributed by atoms with van der Waals surface area (Å²) >= 11 is 0. The predicted octanol–water partition coefficient (Wildman–Crippen LogP) is 3.48. The Morgan fingerprint density at radius 3 is 2.38 bits per heavy atom. The van der Waals surface area contributed by atoms with Crippen molar-refractivity contribution < 1.29 is 0 Å². The summed E-state index contributed by atoms with van der Waals surface area (Å²) < 4.78 is 0. The maximum atomic E-state index is 4.76. The van der Waals surface area contributed by atoms with E-state index in [1.165, 1.54) is 44.7 Å². The predicted molar refractivity (Wildman–Crippen MR) is 134 cm³/mol. The van der Waals surface area contributed by atoms with Gasteiger partial charge in [0.15, 0.2) is 5.96 Å². The first-order valence-electron chi connectivity index (χ1n) is 11.0. The fraction of sp³-hybridized carbons (Fsp3) is 0.609. The van der Waals surface area contributed by atoms with Gasteiger partial charge in [-0.15, -0.1) is 24.0 Å². The summed E-state index contributed by atoms with van der Waals surface area (Å²) in [6, 6.07) is 11.3. The third kappa shape index (κ3) is 9.05. The van der Waals surface area contributed by atoms with Gasteiger partial charge in [0.25, 0.3) is 0 Å². The van der Waals surface area contributed by atoms with Gasteiger partial charge >= 0.3 is 0 Å². The standard InChI is InChI=1S/C23H37N5.HI/c1-2-24-23(26-22-12-6-7-13-22)25-14-8-9-15-27-16-18-28(19-17-27)20-21-10-4-3-5-11-21;/h3-7,10-11,22H,2,8-9,12-20H2,1H3,(H2,24,25,26);1H. The lowest BCUT2D eigenvalue weighted by molar-refractivity contribution is 0.126. The molecule has 3 rings (SSSR count). The summed E-state index contributed by atoms with van der Waals surface area (Å²) in [5, 5.41) is 6.91. The summed E-state index contributed by atoms with van der Waals surface area (Å²) in [5.74, 6) is 0.978. The monoisotopic (exact) mass is 511 g/mol. The molecule has 0 amide bonds. The van der Waals surface area contributed by atoms with Crippen LogP contribution in [0.4, 0.5) is 0 Å². The van der Waals surface area contributed by atoms with Gasteiger partial charge in [-0.25, -0.2) is 0 Å². The highest BCUT2D eigenvalue weighted by molar-refractivity contribution is 14.0. The highest BCUT2D eigenvalue weighted by Gasteiger charge is 2.16. The number of nitrogens with zero attached hydrogens (tertiary/aromatic N) is 3. The Kier molecular flexibility index (Phi) is 11.6. The average Bonchev–Trinajstić information content (AvgIpc) is 3.23. The molecule has 0 aromatic heterocycles. The Bertz CT molecular complexity index is 603. The molecule has 29 heavy (non-hydrogen) atoms. The van der Waals surface area contributed by atoms with Crippen LogP contribution < -0.4 is 10.6 Å². The first kappa shape index (κ1) is 24.2. The molecule has 0 radical (unpaired) electrons. The molecule has 162 valence electrons. The maximum absolute atomic E-state index is 4.76. The van der Waals surface area contributed by atoms with Crippen LogP contribution in [0.25, 0.3) is 0 Å². The molecular weight excluding hydrogens is 473 g/mol. The molecule has 2 N–H and O–H groups in total. The zero-order valence-corrected chi connectivity index (χ0v) is 20.2. The largest absolute Gasteiger partial charge is 0.357 e. The first-order valence-corrected chi connectivity index (χ1v) is 11.0. The number of unbranched alkanes of at least 4 members (excludes halogenated alkanes) is 1. The van der Waals surface area contributed by atoms with Crippen LogP contribution in [-0.4, -0.2) is 67.6 Å². The van der Waals surface area contributed by atoms with E-state index in [0.717, 1.165) is 44.9 Å². The average molecular weight is 511 g/mol. The van der Waals surface area contributed by atoms with E-state index in [2.05, 4.69) is 69.8 Å². The maximum Gasteiger partial charge on any atom is 0.191 e. The molecule has 2 aliphatic rings. The van der Waals surface area contributed by atoms with Crippen molar-refractivity contribution in [2.45, 2.75) is 45.2 Å². The summed E-state index contributed by atoms with van der Waals surface area (Å²) in [5.41, 5.74) is 1.42. The lowest BCUT2D eigenvalue weighted by Crippen LogP contribution is -2.46. The van der Waals surface area contributed by atoms with Gasteiger partial charge in [-0.05, 0) is 44.7 Å². The molecule has 6 heteroatoms. The minimum atomic E-state index is 0. The minimum Gasteiger partial charge on any atom is -0.357 e. The third-order valence-corrected chi connectivity index (χ3v) is 5.56. The Morgan fingerprint density at radius 2 is 1.69 bits per heavy atom. The third-order valence-electron chi connectivity index (χ3n) is 5.56. The molecule has 0 bridgehead atoms. The van der Waals surface area contributed by atoms with Crippen molar-refractivity contribution >= 4 is 29.9 Å². The Morgan fingerprint density at radius 1 is 1.00 bits per heavy atom. The van der Waals surface area contributed by atoms with Gasteiger partial charge < -0.3 is 15.5 Å². The Balaban J connectivity index is 0.00000300. The van der Waals surface area contributed by atoms with E-state index in [4.69, 9.17) is 4.99 Å². The van der Waals surface area contributed by atoms with Gasteiger partial charge in [0.2, 0.25) is 0 Å². The molecule has 1 saturated heterocycles. The van der Waals surface area contributed by atoms with Crippen LogP contribution >= 0.6 is 24.0 Å². The topological polar surface area (TPSA) is 42.9 Å². The van der Waals surface area contributed by atoms with Crippen LogP contribution in [0.2, 0.25) is 0 Å². The molecule has 1 aliphatic heterocycles. The van der Waals surface area contributed by atoms with Crippen LogP contribution in [0.15, 0.2) is 47.5 Å². The second kappa shape index (κ2) is 14.0. The molecule has 0 spiro atoms. The number of piperazine rings is 1. The highest BCUT2D eigenvalue weighted by atomic mass is 127. The lowest BCUT2D eigenvalue weighted by Gasteiger charge is -2.34. The van der Waals surface area contributed by atoms with E-state index in [9.17, 15) is 0 Å². The van der Waals surface area contributed by atoms with Crippen molar-refractivity contribution in [2.24, 2.45) is 4.99 Å². The quantitative estimate of drug-likeness (QED) is 0.175. The van der Waals surface area contributed by atoms with Gasteiger partial charge in [0, 0.05) is 51.9 Å². The van der Waals surface area contributed by atoms with E-state index >= 15 is 0 Å². The number of hydrogen-bond acceptors (Lipinski definition) is 3. The molecule has 1 aromatic rings. The number of aliphatic imine (C=N–C) groups is 1. The number of nitrogens with one attached hydrogen (secondary N) is 2. The van der Waals surface area contributed by atoms with Crippen molar-refractivity contribution in [3.05, 3.63) is 48.0 Å². The van der Waals surface area contributed by atoms with Crippen molar-refractivity contribution in [2.75, 3.05) is 45.8 Å². The number of benzene rings is 1. The van der Waals surface area contributed by atoms with E-state index in [1.807, 2.05) is 0 Å². The smallest absolute Gasteiger partial charge is 0.191 e. The van der Waals surface area contributed by atoms with E-state index in [0.29, 0.717) is 6.04 Å². The Hall–Kier alpha value is -1.12. The lowest BCUT2D eigenvalue weighted by atomic mass is 10.2. The van der Waals surface area contributed by atoms with E-state index < -0.39 is 0 Å². The van der Waals surface area contributed by atoms with Crippen molar-refractivity contribution in [1.29, 1.82) is 0 Å². The molecule has 1 aliphatic carbocycles. The van der Waals surface area contributed by atoms with Gasteiger partial charge in [0.05, 0.1) is 0 Å². The summed E-state index contributed by atoms with van der Waals surface area (Å²) in [6.07, 6.45) is 9.11. The molecule has 0 unspecified atom stereocenters. The van der Waals surface area contributed by atoms with Crippen LogP contribution in [0.1, 0.15) is 38.2 Å². The van der Waals surface area contributed by atoms with Gasteiger partial charge in [-0.1, -0.05) is 42.5 Å². The van der Waals surface area contributed by atoms with E-state index in [1.54, 1.807) is 0 Å². The zero-order valence-electron chi connectivity index (χ0n) is 17.9. The highest BCUT2D eigenvalue weighted by Crippen LogP contribution is 2.10. The molecule has 1 fully saturated rings. The fourth-order valence-electron chi connectivity index (χ4n) is 3.90. The number of rotatable bonds is 9. The summed E-state index contributed by atoms with van der Waals surface area (Å²) in [6.45, 7) is 11.0. The van der Waals surface area contributed by atoms with Crippen LogP contribution in [-0.2, 0) is 6.54 Å². The summed E-state index contributed by atoms with van der Waals surface area (Å²) in [7, 11) is 0. The Labute approximate surface area is 194 Å². The number of hydrogen-bond donors (Lipinski definition) is 2. The second-order valence-electron chi connectivity index (χ2n) is 7.86. The van der Waals surface area contributed by atoms with Crippen molar-refractivity contribution in [1.82, 2.24) is 20.4 Å². The second-order valence-corrected chi connectivity index (χ2v) is 7.86. The molecule has 5 nitrogen and oxygen atoms in total. The first-order chi connectivity index (χ1) is 13.8. The molecule has 0 atom stereocenters. The molecule has 0 saturated carbocycles. The van der Waals surface area contributed by atoms with E-state index in [-0.39, 0.29) is 24.0 Å². The van der Waals surface area contributed by atoms with Crippen molar-refractivity contribution in [3.63, 3.8) is 0 Å². The van der Waals surface area contributed by atoms with Crippen LogP contribution in [0.3, 0.4) is 0 Å². The fourth-order valence-corrected chi connectivity index (χ4v) is 3.90. The number of guanidine groups is 1. The van der Waals surface area contributed by atoms with Crippen LogP contribution in [0, 0.1) is 0 Å². The molecule has 1 heterocycles. The minimum absolute atomic E-state index is 0. The SMILES string of the molecule is CCNC(=NCCCCN1CCN(Cc2ccccc2)CC1)NC1CC=CC1.I. The zero-order chi connectivity index (χ0) is 19.4. The molecule has 1 aromatic carbocycles. The van der Waals surface area contributed by atoms with Gasteiger partial charge in [-0.3, -0.25) is 9.89 Å². The summed E-state index contributed by atoms with van der Waals surface area (Å²) in [4.78, 5) is 9.94. The van der Waals surface area contributed by atoms with Gasteiger partial charge in [0.1, 0.15) is 0 Å². The van der Waals surface area contributed by atoms with Crippen LogP contribution in [0.5, 0.6) is 0 Å².